The summed E-state index contributed by atoms with van der Waals surface area (Å²) in [5, 5.41) is 6.53. The molecule has 1 amide bonds. The van der Waals surface area contributed by atoms with E-state index in [0.29, 0.717) is 28.5 Å². The van der Waals surface area contributed by atoms with Crippen molar-refractivity contribution in [3.63, 3.8) is 0 Å². The van der Waals surface area contributed by atoms with Gasteiger partial charge in [0.1, 0.15) is 12.2 Å². The van der Waals surface area contributed by atoms with Crippen molar-refractivity contribution in [2.45, 2.75) is 38.4 Å². The Morgan fingerprint density at radius 2 is 1.93 bits per heavy atom. The highest BCUT2D eigenvalue weighted by atomic mass is 19.4. The summed E-state index contributed by atoms with van der Waals surface area (Å²) in [6.45, 7) is 0.675. The lowest BCUT2D eigenvalue weighted by molar-refractivity contribution is -0.140. The van der Waals surface area contributed by atoms with Crippen LogP contribution in [0.15, 0.2) is 67.1 Å². The number of carbonyl (C=O) groups is 1. The number of hydrogen-bond acceptors (Lipinski definition) is 5. The second-order valence-electron chi connectivity index (χ2n) is 10.0. The van der Waals surface area contributed by atoms with Gasteiger partial charge in [-0.05, 0) is 85.5 Å². The van der Waals surface area contributed by atoms with Crippen LogP contribution >= 0.6 is 0 Å². The number of halogens is 3. The second kappa shape index (κ2) is 12.9. The molecule has 5 rings (SSSR count). The van der Waals surface area contributed by atoms with Crippen LogP contribution in [0.2, 0.25) is 0 Å². The second-order valence-corrected chi connectivity index (χ2v) is 10.0. The van der Waals surface area contributed by atoms with Crippen LogP contribution in [-0.2, 0) is 17.7 Å². The minimum Gasteiger partial charge on any atom is -0.381 e. The molecule has 3 aromatic heterocycles. The summed E-state index contributed by atoms with van der Waals surface area (Å²) in [6.07, 6.45) is 4.31. The van der Waals surface area contributed by atoms with Crippen LogP contribution in [0.25, 0.3) is 10.9 Å². The Labute approximate surface area is 236 Å². The number of hydrogen-bond donors (Lipinski definition) is 2. The van der Waals surface area contributed by atoms with Gasteiger partial charge < -0.3 is 19.9 Å². The van der Waals surface area contributed by atoms with E-state index in [-0.39, 0.29) is 18.1 Å². The first-order chi connectivity index (χ1) is 19.8. The third-order valence-corrected chi connectivity index (χ3v) is 7.00. The fraction of sp³-hybridized carbons (Fsp3) is 0.323. The van der Waals surface area contributed by atoms with Gasteiger partial charge in [-0.2, -0.15) is 13.2 Å². The molecule has 0 unspecified atom stereocenters. The molecule has 0 radical (unpaired) electrons. The minimum atomic E-state index is -4.38. The van der Waals surface area contributed by atoms with E-state index in [4.69, 9.17) is 4.74 Å². The van der Waals surface area contributed by atoms with Crippen LogP contribution in [-0.4, -0.2) is 46.4 Å². The highest BCUT2D eigenvalue weighted by Crippen LogP contribution is 2.28. The first kappa shape index (κ1) is 28.2. The minimum absolute atomic E-state index is 0.187. The Bertz CT molecular complexity index is 1530. The van der Waals surface area contributed by atoms with E-state index in [9.17, 15) is 18.0 Å². The molecular weight excluding hydrogens is 531 g/mol. The van der Waals surface area contributed by atoms with Crippen molar-refractivity contribution in [2.75, 3.05) is 30.4 Å². The van der Waals surface area contributed by atoms with Crippen LogP contribution in [0, 0.1) is 17.8 Å². The van der Waals surface area contributed by atoms with Gasteiger partial charge in [-0.25, -0.2) is 4.98 Å². The highest BCUT2D eigenvalue weighted by Gasteiger charge is 2.29. The Kier molecular flexibility index (Phi) is 8.85. The van der Waals surface area contributed by atoms with Crippen molar-refractivity contribution in [1.82, 2.24) is 14.5 Å². The SMILES string of the molecule is O=C(Nc1cccnc1)c1ccc(NCC#Cc2cc3cc(CCC4CCOCC4)ccc3n2CC(F)(F)F)cn1. The first-order valence-corrected chi connectivity index (χ1v) is 13.5. The predicted octanol–water partition coefficient (Wildman–Crippen LogP) is 6.07. The van der Waals surface area contributed by atoms with Crippen LogP contribution in [0.5, 0.6) is 0 Å². The third-order valence-electron chi connectivity index (χ3n) is 7.00. The van der Waals surface area contributed by atoms with Crippen LogP contribution in [0.3, 0.4) is 0 Å². The maximum Gasteiger partial charge on any atom is 0.406 e. The normalized spacial score (nSPS) is 13.9. The van der Waals surface area contributed by atoms with E-state index in [1.807, 2.05) is 12.1 Å². The maximum absolute atomic E-state index is 13.4. The molecule has 0 atom stereocenters. The smallest absolute Gasteiger partial charge is 0.381 e. The van der Waals surface area contributed by atoms with Gasteiger partial charge in [-0.15, -0.1) is 0 Å². The zero-order chi connectivity index (χ0) is 28.7. The number of carbonyl (C=O) groups excluding carboxylic acids is 1. The van der Waals surface area contributed by atoms with E-state index in [0.717, 1.165) is 49.8 Å². The van der Waals surface area contributed by atoms with Crippen LogP contribution in [0.4, 0.5) is 24.5 Å². The molecule has 1 aromatic carbocycles. The lowest BCUT2D eigenvalue weighted by Gasteiger charge is -2.21. The zero-order valence-electron chi connectivity index (χ0n) is 22.4. The third kappa shape index (κ3) is 7.86. The van der Waals surface area contributed by atoms with Gasteiger partial charge in [0.15, 0.2) is 0 Å². The van der Waals surface area contributed by atoms with Crippen molar-refractivity contribution in [3.05, 3.63) is 84.1 Å². The van der Waals surface area contributed by atoms with Crippen LogP contribution < -0.4 is 10.6 Å². The highest BCUT2D eigenvalue weighted by molar-refractivity contribution is 6.02. The van der Waals surface area contributed by atoms with Gasteiger partial charge in [0.05, 0.1) is 36.0 Å². The van der Waals surface area contributed by atoms with Gasteiger partial charge in [-0.1, -0.05) is 12.0 Å². The number of nitrogens with one attached hydrogen (secondary N) is 2. The van der Waals surface area contributed by atoms with Crippen LogP contribution in [0.1, 0.15) is 41.0 Å². The fourth-order valence-electron chi connectivity index (χ4n) is 4.88. The number of anilines is 2. The average Bonchev–Trinajstić information content (AvgIpc) is 3.30. The van der Waals surface area contributed by atoms with E-state index in [2.05, 4.69) is 32.4 Å². The summed E-state index contributed by atoms with van der Waals surface area (Å²) in [5.41, 5.74) is 3.35. The number of benzene rings is 1. The summed E-state index contributed by atoms with van der Waals surface area (Å²) < 4.78 is 46.9. The number of alkyl halides is 3. The number of nitrogens with zero attached hydrogens (tertiary/aromatic N) is 3. The molecule has 0 aliphatic carbocycles. The van der Waals surface area contributed by atoms with Crippen molar-refractivity contribution >= 4 is 28.2 Å². The van der Waals surface area contributed by atoms with Crippen molar-refractivity contribution in [3.8, 4) is 11.8 Å². The number of ether oxygens (including phenoxy) is 1. The molecular formula is C31H30F3N5O2. The molecule has 0 spiro atoms. The zero-order valence-corrected chi connectivity index (χ0v) is 22.4. The lowest BCUT2D eigenvalue weighted by Crippen LogP contribution is -2.18. The number of pyridine rings is 2. The van der Waals surface area contributed by atoms with Gasteiger partial charge in [0.25, 0.3) is 5.91 Å². The topological polar surface area (TPSA) is 81.1 Å². The van der Waals surface area contributed by atoms with Crippen molar-refractivity contribution in [1.29, 1.82) is 0 Å². The summed E-state index contributed by atoms with van der Waals surface area (Å²) in [4.78, 5) is 20.5. The summed E-state index contributed by atoms with van der Waals surface area (Å²) in [6, 6.07) is 14.1. The van der Waals surface area contributed by atoms with Crippen molar-refractivity contribution in [2.24, 2.45) is 5.92 Å². The standard InChI is InChI=1S/C31H30F3N5O2/c32-31(33,34)21-39-27(18-24-17-23(7-10-29(24)39)6-5-22-11-15-41-16-12-22)4-2-14-36-25-8-9-28(37-20-25)30(40)38-26-3-1-13-35-19-26/h1,3,7-10,13,17-20,22,36H,5-6,11-12,14-16,21H2,(H,38,40). The fourth-order valence-corrected chi connectivity index (χ4v) is 4.88. The lowest BCUT2D eigenvalue weighted by atomic mass is 9.92. The number of aryl methyl sites for hydroxylation is 1. The Hall–Kier alpha value is -4.36. The molecule has 4 heterocycles. The molecule has 212 valence electrons. The van der Waals surface area contributed by atoms with Crippen molar-refractivity contribution < 1.29 is 22.7 Å². The summed E-state index contributed by atoms with van der Waals surface area (Å²) in [5.74, 6) is 6.07. The van der Waals surface area contributed by atoms with E-state index in [1.165, 1.54) is 17.0 Å². The van der Waals surface area contributed by atoms with E-state index in [1.54, 1.807) is 42.6 Å². The quantitative estimate of drug-likeness (QED) is 0.255. The Balaban J connectivity index is 1.24. The Morgan fingerprint density at radius 1 is 1.07 bits per heavy atom. The molecule has 2 N–H and O–H groups in total. The van der Waals surface area contributed by atoms with Gasteiger partial charge >= 0.3 is 6.18 Å². The van der Waals surface area contributed by atoms with Gasteiger partial charge in [0, 0.05) is 30.3 Å². The summed E-state index contributed by atoms with van der Waals surface area (Å²) >= 11 is 0. The molecule has 1 saturated heterocycles. The number of amides is 1. The number of aromatic nitrogens is 3. The molecule has 1 aliphatic heterocycles. The van der Waals surface area contributed by atoms with E-state index >= 15 is 0 Å². The monoisotopic (exact) mass is 561 g/mol. The summed E-state index contributed by atoms with van der Waals surface area (Å²) in [7, 11) is 0. The largest absolute Gasteiger partial charge is 0.406 e. The first-order valence-electron chi connectivity index (χ1n) is 13.5. The molecule has 7 nitrogen and oxygen atoms in total. The molecule has 0 saturated carbocycles. The molecule has 10 heteroatoms. The molecule has 0 bridgehead atoms. The molecule has 1 aliphatic rings. The number of fused-ring (bicyclic) bond motifs is 1. The van der Waals surface area contributed by atoms with Gasteiger partial charge in [0.2, 0.25) is 0 Å². The van der Waals surface area contributed by atoms with E-state index < -0.39 is 12.7 Å². The number of rotatable bonds is 8. The molecule has 4 aromatic rings. The average molecular weight is 562 g/mol. The molecule has 41 heavy (non-hydrogen) atoms. The van der Waals surface area contributed by atoms with Gasteiger partial charge in [-0.3, -0.25) is 9.78 Å². The maximum atomic E-state index is 13.4. The predicted molar refractivity (Wildman–Crippen MR) is 152 cm³/mol. The molecule has 1 fully saturated rings. The Morgan fingerprint density at radius 3 is 2.66 bits per heavy atom.